The Morgan fingerprint density at radius 1 is 1.40 bits per heavy atom. The number of rotatable bonds is 5. The molecule has 0 atom stereocenters. The Morgan fingerprint density at radius 2 is 2.33 bits per heavy atom. The molecule has 2 aromatic rings. The first-order valence-corrected chi connectivity index (χ1v) is 6.85. The fraction of sp³-hybridized carbons (Fsp3) is 0.364. The molecular formula is C11H14N2S2. The lowest BCUT2D eigenvalue weighted by atomic mass is 10.2. The monoisotopic (exact) mass is 238 g/mol. The molecule has 0 spiro atoms. The molecule has 0 amide bonds. The SMILES string of the molecule is CCc1ccsc1CNCc1cscn1. The van der Waals surface area contributed by atoms with Crippen molar-refractivity contribution in [2.24, 2.45) is 0 Å². The summed E-state index contributed by atoms with van der Waals surface area (Å²) in [6, 6.07) is 2.21. The minimum Gasteiger partial charge on any atom is -0.306 e. The summed E-state index contributed by atoms with van der Waals surface area (Å²) >= 11 is 3.48. The Hall–Kier alpha value is -0.710. The number of nitrogens with zero attached hydrogens (tertiary/aromatic N) is 1. The fourth-order valence-electron chi connectivity index (χ4n) is 1.47. The van der Waals surface area contributed by atoms with Gasteiger partial charge in [0.05, 0.1) is 11.2 Å². The van der Waals surface area contributed by atoms with Crippen LogP contribution >= 0.6 is 22.7 Å². The molecule has 0 aromatic carbocycles. The second-order valence-electron chi connectivity index (χ2n) is 3.31. The third-order valence-corrected chi connectivity index (χ3v) is 3.89. The van der Waals surface area contributed by atoms with Crippen molar-refractivity contribution in [1.82, 2.24) is 10.3 Å². The van der Waals surface area contributed by atoms with E-state index in [0.29, 0.717) is 0 Å². The highest BCUT2D eigenvalue weighted by atomic mass is 32.1. The van der Waals surface area contributed by atoms with Gasteiger partial charge < -0.3 is 5.32 Å². The highest BCUT2D eigenvalue weighted by Gasteiger charge is 2.01. The van der Waals surface area contributed by atoms with Crippen LogP contribution in [0, 0.1) is 0 Å². The zero-order valence-electron chi connectivity index (χ0n) is 8.69. The van der Waals surface area contributed by atoms with Gasteiger partial charge in [0.25, 0.3) is 0 Å². The average Bonchev–Trinajstić information content (AvgIpc) is 2.88. The van der Waals surface area contributed by atoms with Crippen LogP contribution in [0.15, 0.2) is 22.3 Å². The molecule has 15 heavy (non-hydrogen) atoms. The summed E-state index contributed by atoms with van der Waals surface area (Å²) < 4.78 is 0. The van der Waals surface area contributed by atoms with Gasteiger partial charge in [0.2, 0.25) is 0 Å². The number of aryl methyl sites for hydroxylation is 1. The zero-order valence-corrected chi connectivity index (χ0v) is 10.3. The quantitative estimate of drug-likeness (QED) is 0.866. The van der Waals surface area contributed by atoms with E-state index in [1.54, 1.807) is 11.3 Å². The van der Waals surface area contributed by atoms with Crippen LogP contribution in [0.3, 0.4) is 0 Å². The molecule has 2 aromatic heterocycles. The third-order valence-electron chi connectivity index (χ3n) is 2.29. The molecule has 0 unspecified atom stereocenters. The predicted molar refractivity (Wildman–Crippen MR) is 66.4 cm³/mol. The maximum absolute atomic E-state index is 4.24. The van der Waals surface area contributed by atoms with Crippen LogP contribution in [0.5, 0.6) is 0 Å². The van der Waals surface area contributed by atoms with Gasteiger partial charge in [0, 0.05) is 23.3 Å². The summed E-state index contributed by atoms with van der Waals surface area (Å²) in [6.07, 6.45) is 1.12. The van der Waals surface area contributed by atoms with E-state index in [4.69, 9.17) is 0 Å². The van der Waals surface area contributed by atoms with E-state index in [9.17, 15) is 0 Å². The van der Waals surface area contributed by atoms with Gasteiger partial charge in [-0.2, -0.15) is 0 Å². The molecule has 2 nitrogen and oxygen atoms in total. The van der Waals surface area contributed by atoms with Gasteiger partial charge in [-0.05, 0) is 23.4 Å². The standard InChI is InChI=1S/C11H14N2S2/c1-2-9-3-4-15-11(9)6-12-5-10-7-14-8-13-10/h3-4,7-8,12H,2,5-6H2,1H3. The Balaban J connectivity index is 1.83. The minimum absolute atomic E-state index is 0.866. The van der Waals surface area contributed by atoms with Gasteiger partial charge in [-0.15, -0.1) is 22.7 Å². The van der Waals surface area contributed by atoms with Crippen LogP contribution < -0.4 is 5.32 Å². The Kier molecular flexibility index (Phi) is 3.88. The van der Waals surface area contributed by atoms with Gasteiger partial charge in [0.15, 0.2) is 0 Å². The van der Waals surface area contributed by atoms with Crippen LogP contribution in [-0.2, 0) is 19.5 Å². The normalized spacial score (nSPS) is 10.7. The van der Waals surface area contributed by atoms with E-state index < -0.39 is 0 Å². The second-order valence-corrected chi connectivity index (χ2v) is 5.03. The van der Waals surface area contributed by atoms with E-state index in [0.717, 1.165) is 25.2 Å². The largest absolute Gasteiger partial charge is 0.306 e. The van der Waals surface area contributed by atoms with Crippen LogP contribution in [0.1, 0.15) is 23.1 Å². The maximum Gasteiger partial charge on any atom is 0.0795 e. The van der Waals surface area contributed by atoms with E-state index in [1.165, 1.54) is 10.4 Å². The summed E-state index contributed by atoms with van der Waals surface area (Å²) in [5, 5.41) is 7.67. The molecule has 4 heteroatoms. The van der Waals surface area contributed by atoms with Crippen molar-refractivity contribution < 1.29 is 0 Å². The number of thiazole rings is 1. The summed E-state index contributed by atoms with van der Waals surface area (Å²) in [7, 11) is 0. The Bertz CT molecular complexity index is 392. The van der Waals surface area contributed by atoms with Crippen molar-refractivity contribution in [3.8, 4) is 0 Å². The number of hydrogen-bond acceptors (Lipinski definition) is 4. The van der Waals surface area contributed by atoms with E-state index in [2.05, 4.69) is 34.1 Å². The molecule has 0 bridgehead atoms. The van der Waals surface area contributed by atoms with Gasteiger partial charge in [0.1, 0.15) is 0 Å². The zero-order chi connectivity index (χ0) is 10.5. The lowest BCUT2D eigenvalue weighted by Gasteiger charge is -2.02. The van der Waals surface area contributed by atoms with Crippen molar-refractivity contribution in [3.63, 3.8) is 0 Å². The molecule has 0 aliphatic carbocycles. The molecule has 0 aliphatic rings. The minimum atomic E-state index is 0.866. The molecule has 2 heterocycles. The molecule has 2 rings (SSSR count). The summed E-state index contributed by atoms with van der Waals surface area (Å²) in [5.41, 5.74) is 4.47. The van der Waals surface area contributed by atoms with Gasteiger partial charge in [-0.1, -0.05) is 6.92 Å². The van der Waals surface area contributed by atoms with Crippen molar-refractivity contribution in [3.05, 3.63) is 38.5 Å². The molecular weight excluding hydrogens is 224 g/mol. The van der Waals surface area contributed by atoms with E-state index in [-0.39, 0.29) is 0 Å². The molecule has 80 valence electrons. The first kappa shape index (κ1) is 10.8. The number of aromatic nitrogens is 1. The van der Waals surface area contributed by atoms with Gasteiger partial charge in [-0.3, -0.25) is 0 Å². The first-order valence-electron chi connectivity index (χ1n) is 5.03. The van der Waals surface area contributed by atoms with Crippen LogP contribution in [-0.4, -0.2) is 4.98 Å². The number of hydrogen-bond donors (Lipinski definition) is 1. The summed E-state index contributed by atoms with van der Waals surface area (Å²) in [4.78, 5) is 5.69. The Labute approximate surface area is 98.0 Å². The molecule has 1 N–H and O–H groups in total. The van der Waals surface area contributed by atoms with Crippen molar-refractivity contribution >= 4 is 22.7 Å². The smallest absolute Gasteiger partial charge is 0.0795 e. The lowest BCUT2D eigenvalue weighted by Crippen LogP contribution is -2.12. The average molecular weight is 238 g/mol. The van der Waals surface area contributed by atoms with Crippen molar-refractivity contribution in [2.45, 2.75) is 26.4 Å². The van der Waals surface area contributed by atoms with Crippen LogP contribution in [0.4, 0.5) is 0 Å². The van der Waals surface area contributed by atoms with Crippen LogP contribution in [0.2, 0.25) is 0 Å². The highest BCUT2D eigenvalue weighted by molar-refractivity contribution is 7.10. The van der Waals surface area contributed by atoms with Crippen molar-refractivity contribution in [1.29, 1.82) is 0 Å². The van der Waals surface area contributed by atoms with Gasteiger partial charge >= 0.3 is 0 Å². The van der Waals surface area contributed by atoms with E-state index in [1.807, 2.05) is 16.8 Å². The molecule has 0 saturated carbocycles. The summed E-state index contributed by atoms with van der Waals surface area (Å²) in [5.74, 6) is 0. The third kappa shape index (κ3) is 2.87. The highest BCUT2D eigenvalue weighted by Crippen LogP contribution is 2.17. The maximum atomic E-state index is 4.24. The van der Waals surface area contributed by atoms with Crippen molar-refractivity contribution in [2.75, 3.05) is 0 Å². The molecule has 0 radical (unpaired) electrons. The number of thiophene rings is 1. The summed E-state index contributed by atoms with van der Waals surface area (Å²) in [6.45, 7) is 4.02. The topological polar surface area (TPSA) is 24.9 Å². The van der Waals surface area contributed by atoms with Gasteiger partial charge in [-0.25, -0.2) is 4.98 Å². The van der Waals surface area contributed by atoms with E-state index >= 15 is 0 Å². The lowest BCUT2D eigenvalue weighted by molar-refractivity contribution is 0.686. The number of nitrogens with one attached hydrogen (secondary N) is 1. The predicted octanol–water partition coefficient (Wildman–Crippen LogP) is 3.06. The molecule has 0 aliphatic heterocycles. The molecule has 0 saturated heterocycles. The first-order chi connectivity index (χ1) is 7.40. The molecule has 0 fully saturated rings. The second kappa shape index (κ2) is 5.39. The fourth-order valence-corrected chi connectivity index (χ4v) is 2.97. The Morgan fingerprint density at radius 3 is 3.07 bits per heavy atom. The van der Waals surface area contributed by atoms with Crippen LogP contribution in [0.25, 0.3) is 0 Å².